The van der Waals surface area contributed by atoms with Gasteiger partial charge >= 0.3 is 12.1 Å². The molecule has 0 radical (unpaired) electrons. The van der Waals surface area contributed by atoms with Crippen molar-refractivity contribution in [1.29, 1.82) is 5.26 Å². The number of nitriles is 1. The molecule has 0 saturated heterocycles. The second kappa shape index (κ2) is 14.1. The Hall–Kier alpha value is -4.74. The van der Waals surface area contributed by atoms with Crippen molar-refractivity contribution in [3.8, 4) is 17.2 Å². The summed E-state index contributed by atoms with van der Waals surface area (Å²) < 4.78 is 60.3. The topological polar surface area (TPSA) is 189 Å². The van der Waals surface area contributed by atoms with Crippen molar-refractivity contribution in [2.24, 2.45) is 16.7 Å². The molecule has 6 N–H and O–H groups in total. The minimum absolute atomic E-state index is 0.0808. The van der Waals surface area contributed by atoms with E-state index in [0.29, 0.717) is 16.7 Å². The van der Waals surface area contributed by atoms with Crippen molar-refractivity contribution in [3.05, 3.63) is 95.1 Å². The lowest BCUT2D eigenvalue weighted by Crippen LogP contribution is -2.46. The lowest BCUT2D eigenvalue weighted by Gasteiger charge is -2.20. The second-order valence-electron chi connectivity index (χ2n) is 8.57. The van der Waals surface area contributed by atoms with Crippen LogP contribution in [0.25, 0.3) is 11.1 Å². The molecular formula is C27H26F3N5O5S. The van der Waals surface area contributed by atoms with Gasteiger partial charge in [0.15, 0.2) is 0 Å². The highest BCUT2D eigenvalue weighted by molar-refractivity contribution is 7.89. The van der Waals surface area contributed by atoms with Crippen LogP contribution in [0.5, 0.6) is 0 Å². The van der Waals surface area contributed by atoms with Crippen LogP contribution >= 0.6 is 0 Å². The molecule has 14 heteroatoms. The van der Waals surface area contributed by atoms with Gasteiger partial charge in [0, 0.05) is 0 Å². The Morgan fingerprint density at radius 2 is 1.71 bits per heavy atom. The second-order valence-corrected chi connectivity index (χ2v) is 10.6. The van der Waals surface area contributed by atoms with Crippen LogP contribution in [0.4, 0.5) is 13.2 Å². The molecular weight excluding hydrogens is 563 g/mol. The van der Waals surface area contributed by atoms with Crippen LogP contribution in [0.3, 0.4) is 0 Å². The number of rotatable bonds is 9. The normalized spacial score (nSPS) is 13.0. The maximum Gasteiger partial charge on any atom is 0.490 e. The van der Waals surface area contributed by atoms with Crippen molar-refractivity contribution >= 4 is 28.1 Å². The number of sulfonamides is 1. The lowest BCUT2D eigenvalue weighted by molar-refractivity contribution is -0.192. The fourth-order valence-corrected chi connectivity index (χ4v) is 4.88. The molecule has 3 aromatic rings. The Morgan fingerprint density at radius 1 is 1.10 bits per heavy atom. The number of hydrogen-bond donors (Lipinski definition) is 4. The zero-order chi connectivity index (χ0) is 30.8. The minimum atomic E-state index is -5.08. The minimum Gasteiger partial charge on any atom is -0.475 e. The summed E-state index contributed by atoms with van der Waals surface area (Å²) in [6, 6.07) is 22.2. The number of primary amides is 1. The van der Waals surface area contributed by atoms with E-state index in [1.807, 2.05) is 12.1 Å². The molecule has 0 spiro atoms. The van der Waals surface area contributed by atoms with Crippen LogP contribution in [0.15, 0.2) is 77.9 Å². The lowest BCUT2D eigenvalue weighted by atomic mass is 9.99. The van der Waals surface area contributed by atoms with Gasteiger partial charge in [-0.3, -0.25) is 4.79 Å². The number of benzene rings is 3. The first-order valence-electron chi connectivity index (χ1n) is 11.7. The average molecular weight is 590 g/mol. The molecule has 0 fully saturated rings. The van der Waals surface area contributed by atoms with Gasteiger partial charge in [0.05, 0.1) is 23.1 Å². The molecule has 1 amide bonds. The van der Waals surface area contributed by atoms with E-state index in [1.165, 1.54) is 13.1 Å². The fraction of sp³-hybridized carbons (Fsp3) is 0.185. The van der Waals surface area contributed by atoms with E-state index in [-0.39, 0.29) is 6.42 Å². The van der Waals surface area contributed by atoms with Crippen molar-refractivity contribution < 1.29 is 36.3 Å². The molecule has 0 aromatic heterocycles. The highest BCUT2D eigenvalue weighted by atomic mass is 32.2. The van der Waals surface area contributed by atoms with Crippen LogP contribution in [-0.4, -0.2) is 43.8 Å². The van der Waals surface area contributed by atoms with E-state index in [2.05, 4.69) is 15.9 Å². The molecule has 0 saturated carbocycles. The first kappa shape index (κ1) is 32.5. The Balaban J connectivity index is 0.000000745. The highest BCUT2D eigenvalue weighted by Gasteiger charge is 2.38. The Labute approximate surface area is 234 Å². The Kier molecular flexibility index (Phi) is 11.1. The van der Waals surface area contributed by atoms with Gasteiger partial charge in [-0.25, -0.2) is 17.9 Å². The predicted molar refractivity (Wildman–Crippen MR) is 146 cm³/mol. The molecule has 2 unspecified atom stereocenters. The number of alkyl halides is 3. The standard InChI is InChI=1S/C25H25N5O3S.C2HF3O2/c1-17(20-9-11-21(12-10-20)23-8-3-2-7-22(23)15-26)34(32,33)30-24(25(27)31)14-18-5-4-6-19(13-18)16-29-28;3-2(4,5)1(6)7/h2-13,16-17,24,30H,14,28H2,1H3,(H2,27,31);(H,6,7)/b29-16-;. The number of carbonyl (C=O) groups is 2. The van der Waals surface area contributed by atoms with Crippen LogP contribution in [0.1, 0.15) is 34.4 Å². The van der Waals surface area contributed by atoms with E-state index in [4.69, 9.17) is 21.5 Å². The average Bonchev–Trinajstić information content (AvgIpc) is 2.92. The van der Waals surface area contributed by atoms with Gasteiger partial charge in [-0.15, -0.1) is 0 Å². The predicted octanol–water partition coefficient (Wildman–Crippen LogP) is 3.23. The number of hydrogen-bond acceptors (Lipinski definition) is 7. The third-order valence-electron chi connectivity index (χ3n) is 5.71. The summed E-state index contributed by atoms with van der Waals surface area (Å²) in [5, 5.41) is 19.0. The molecule has 41 heavy (non-hydrogen) atoms. The monoisotopic (exact) mass is 589 g/mol. The summed E-state index contributed by atoms with van der Waals surface area (Å²) in [6.45, 7) is 1.54. The Bertz CT molecular complexity index is 1550. The molecule has 0 aliphatic heterocycles. The third kappa shape index (κ3) is 9.45. The number of carboxylic acid groups (broad SMARTS) is 1. The van der Waals surface area contributed by atoms with E-state index < -0.39 is 39.4 Å². The van der Waals surface area contributed by atoms with E-state index in [9.17, 15) is 31.6 Å². The van der Waals surface area contributed by atoms with Gasteiger partial charge in [-0.2, -0.15) is 23.5 Å². The quantitative estimate of drug-likeness (QED) is 0.167. The number of halogens is 3. The Morgan fingerprint density at radius 3 is 2.24 bits per heavy atom. The molecule has 0 bridgehead atoms. The van der Waals surface area contributed by atoms with Crippen molar-refractivity contribution in [2.75, 3.05) is 0 Å². The van der Waals surface area contributed by atoms with Gasteiger partial charge in [-0.1, -0.05) is 66.7 Å². The van der Waals surface area contributed by atoms with E-state index in [1.54, 1.807) is 60.7 Å². The highest BCUT2D eigenvalue weighted by Crippen LogP contribution is 2.27. The third-order valence-corrected chi connectivity index (χ3v) is 7.53. The fourth-order valence-electron chi connectivity index (χ4n) is 3.57. The first-order valence-corrected chi connectivity index (χ1v) is 13.3. The van der Waals surface area contributed by atoms with Gasteiger partial charge < -0.3 is 16.7 Å². The number of nitrogens with zero attached hydrogens (tertiary/aromatic N) is 2. The maximum absolute atomic E-state index is 13.1. The molecule has 3 aromatic carbocycles. The number of nitrogens with one attached hydrogen (secondary N) is 1. The molecule has 10 nitrogen and oxygen atoms in total. The van der Waals surface area contributed by atoms with Gasteiger partial charge in [-0.05, 0) is 47.2 Å². The number of nitrogens with two attached hydrogens (primary N) is 2. The first-order chi connectivity index (χ1) is 19.2. The van der Waals surface area contributed by atoms with Gasteiger partial charge in [0.2, 0.25) is 15.9 Å². The van der Waals surface area contributed by atoms with Crippen LogP contribution in [0, 0.1) is 11.3 Å². The number of carbonyl (C=O) groups excluding carboxylic acids is 1. The number of carboxylic acids is 1. The van der Waals surface area contributed by atoms with Crippen molar-refractivity contribution in [3.63, 3.8) is 0 Å². The number of amides is 1. The van der Waals surface area contributed by atoms with E-state index in [0.717, 1.165) is 16.7 Å². The summed E-state index contributed by atoms with van der Waals surface area (Å²) in [4.78, 5) is 20.9. The summed E-state index contributed by atoms with van der Waals surface area (Å²) in [7, 11) is -3.94. The zero-order valence-corrected chi connectivity index (χ0v) is 22.4. The summed E-state index contributed by atoms with van der Waals surface area (Å²) in [6.07, 6.45) is -3.55. The summed E-state index contributed by atoms with van der Waals surface area (Å²) >= 11 is 0. The van der Waals surface area contributed by atoms with Crippen LogP contribution in [-0.2, 0) is 26.0 Å². The number of aliphatic carboxylic acids is 1. The molecule has 0 aliphatic carbocycles. The smallest absolute Gasteiger partial charge is 0.475 e. The zero-order valence-electron chi connectivity index (χ0n) is 21.5. The van der Waals surface area contributed by atoms with Crippen LogP contribution < -0.4 is 16.3 Å². The van der Waals surface area contributed by atoms with Gasteiger partial charge in [0.25, 0.3) is 0 Å². The molecule has 2 atom stereocenters. The largest absolute Gasteiger partial charge is 0.490 e. The summed E-state index contributed by atoms with van der Waals surface area (Å²) in [5.41, 5.74) is 9.56. The van der Waals surface area contributed by atoms with Crippen LogP contribution in [0.2, 0.25) is 0 Å². The molecule has 0 heterocycles. The molecule has 3 rings (SSSR count). The maximum atomic E-state index is 13.1. The van der Waals surface area contributed by atoms with E-state index >= 15 is 0 Å². The molecule has 216 valence electrons. The van der Waals surface area contributed by atoms with Gasteiger partial charge in [0.1, 0.15) is 6.04 Å². The van der Waals surface area contributed by atoms with Crippen molar-refractivity contribution in [2.45, 2.75) is 30.8 Å². The van der Waals surface area contributed by atoms with Crippen molar-refractivity contribution in [1.82, 2.24) is 4.72 Å². The summed E-state index contributed by atoms with van der Waals surface area (Å²) in [5.74, 6) is 1.64. The molecule has 0 aliphatic rings. The number of hydrazone groups is 1. The SMILES string of the molecule is CC(c1ccc(-c2ccccc2C#N)cc1)S(=O)(=O)NC(Cc1cccc(/C=N\N)c1)C(N)=O.O=C(O)C(F)(F)F.